The molecule has 0 spiro atoms. The van der Waals surface area contributed by atoms with E-state index in [1.54, 1.807) is 25.3 Å². The Morgan fingerprint density at radius 1 is 0.543 bits per heavy atom. The first-order chi connectivity index (χ1) is 37.6. The molecule has 424 valence electrons. The number of fused-ring (bicyclic) bond motifs is 20. The molecule has 33 heteroatoms. The summed E-state index contributed by atoms with van der Waals surface area (Å²) in [6.07, 6.45) is 5.54. The number of benzene rings is 4. The Balaban J connectivity index is 0.000000222. The summed E-state index contributed by atoms with van der Waals surface area (Å²) >= 11 is 0. The summed E-state index contributed by atoms with van der Waals surface area (Å²) in [5.41, 5.74) is 5.69. The molecule has 0 atom stereocenters. The average Bonchev–Trinajstić information content (AvgIpc) is 4.34. The van der Waals surface area contributed by atoms with Gasteiger partial charge in [-0.2, -0.15) is 16.8 Å². The zero-order valence-electron chi connectivity index (χ0n) is 42.5. The Bertz CT molecular complexity index is 4400. The molecule has 5 aromatic heterocycles. The smallest absolute Gasteiger partial charge is 0.357 e. The van der Waals surface area contributed by atoms with E-state index < -0.39 is 50.9 Å². The van der Waals surface area contributed by atoms with Crippen LogP contribution in [0.3, 0.4) is 0 Å². The summed E-state index contributed by atoms with van der Waals surface area (Å²) in [6, 6.07) is 33.6. The first-order valence-corrected chi connectivity index (χ1v) is 31.0. The number of pyridine rings is 1. The van der Waals surface area contributed by atoms with Crippen LogP contribution in [-0.2, 0) is 80.2 Å². The van der Waals surface area contributed by atoms with Crippen molar-refractivity contribution >= 4 is 95.0 Å². The van der Waals surface area contributed by atoms with E-state index in [0.29, 0.717) is 93.7 Å². The van der Waals surface area contributed by atoms with Gasteiger partial charge in [-0.05, 0) is 58.7 Å². The number of hydrogen-bond acceptors (Lipinski definition) is 21. The minimum absolute atomic E-state index is 0. The molecule has 4 aromatic carbocycles. The predicted molar refractivity (Wildman–Crippen MR) is 293 cm³/mol. The van der Waals surface area contributed by atoms with Crippen LogP contribution in [0, 0.1) is 6.92 Å². The van der Waals surface area contributed by atoms with Crippen molar-refractivity contribution in [2.75, 3.05) is 25.3 Å². The van der Waals surface area contributed by atoms with Crippen LogP contribution in [0.2, 0.25) is 0 Å². The van der Waals surface area contributed by atoms with Gasteiger partial charge in [-0.1, -0.05) is 91.0 Å². The first kappa shape index (κ1) is 62.4. The molecule has 2 aliphatic heterocycles. The number of nitrogens with two attached hydrogens (primary N) is 1. The van der Waals surface area contributed by atoms with E-state index in [1.807, 2.05) is 84.9 Å². The Kier molecular flexibility index (Phi) is 20.1. The van der Waals surface area contributed by atoms with Crippen LogP contribution in [0.25, 0.3) is 89.8 Å². The molecule has 0 amide bonds. The molecule has 9 aromatic rings. The maximum absolute atomic E-state index is 11.5. The molecule has 0 aliphatic carbocycles. The Hall–Kier alpha value is -7.85. The number of aromatic nitrogens is 12. The number of primary sulfonamides is 1. The molecule has 0 saturated heterocycles. The molecule has 27 nitrogen and oxygen atoms in total. The average molecular weight is 1240 g/mol. The summed E-state index contributed by atoms with van der Waals surface area (Å²) in [6.45, 7) is 1.96. The summed E-state index contributed by atoms with van der Waals surface area (Å²) in [5, 5.41) is 7.85. The van der Waals surface area contributed by atoms with Crippen LogP contribution < -0.4 is 19.8 Å². The van der Waals surface area contributed by atoms with Crippen LogP contribution in [0.15, 0.2) is 120 Å². The second-order valence-corrected chi connectivity index (χ2v) is 23.8. The number of rotatable bonds is 8. The van der Waals surface area contributed by atoms with Gasteiger partial charge >= 0.3 is 27.1 Å². The normalized spacial score (nSPS) is 11.6. The zero-order chi connectivity index (χ0) is 58.2. The quantitative estimate of drug-likeness (QED) is 0.0961. The number of hydrogen-bond donors (Lipinski definition) is 4. The van der Waals surface area contributed by atoms with Crippen molar-refractivity contribution in [1.29, 1.82) is 0 Å². The van der Waals surface area contributed by atoms with E-state index in [4.69, 9.17) is 57.1 Å². The summed E-state index contributed by atoms with van der Waals surface area (Å²) in [5.74, 6) is 3.32. The van der Waals surface area contributed by atoms with Crippen molar-refractivity contribution in [3.05, 3.63) is 138 Å². The predicted octanol–water partition coefficient (Wildman–Crippen LogP) is 3.42. The molecule has 81 heavy (non-hydrogen) atoms. The third-order valence-electron chi connectivity index (χ3n) is 10.6. The molecule has 11 rings (SSSR count). The Morgan fingerprint density at radius 3 is 1.44 bits per heavy atom. The van der Waals surface area contributed by atoms with E-state index >= 15 is 0 Å². The van der Waals surface area contributed by atoms with Gasteiger partial charge < -0.3 is 24.9 Å². The molecular weight excluding hydrogens is 1200 g/mol. The van der Waals surface area contributed by atoms with Gasteiger partial charge in [-0.25, -0.2) is 56.6 Å². The molecule has 0 unspecified atom stereocenters. The number of sulfonamides is 2. The van der Waals surface area contributed by atoms with E-state index in [-0.39, 0.29) is 34.4 Å². The maximum atomic E-state index is 11.5. The van der Waals surface area contributed by atoms with Crippen molar-refractivity contribution < 1.29 is 71.9 Å². The zero-order valence-corrected chi connectivity index (χ0v) is 47.6. The standard InChI is InChI=1S/C31H15N9.C15H20N4O5S2.CH5NO2S.CH4O3S.Ni.O3S/c1-2-9-17-16(8-1)24-33-25(17)35-27-20-12-5-6-13-21(20)29(37-27)39-31-23-22(14-7-15-32-23)30(40-31)38-28-19-11-4-3-10-18(19)26(34-24)36-28;1-11-17-14(8-5-9-16-25(2,20)21)19-15(18-11)10-12-6-3-4-7-13(12)26(22,23)24;2*1-5(2,3)4;;1-4(2)3/h1-15H;3-4,6-7,16H,5,8-10H2,1-2H3,(H,22,23,24);1H3,(H2,2,3,4);1H3,(H,2,3,4);;/q-2;;;;+2;. The first-order valence-electron chi connectivity index (χ1n) is 22.9. The van der Waals surface area contributed by atoms with Gasteiger partial charge in [-0.15, -0.1) is 12.6 Å². The van der Waals surface area contributed by atoms with E-state index in [1.165, 1.54) is 12.1 Å². The summed E-state index contributed by atoms with van der Waals surface area (Å²) in [4.78, 5) is 56.2. The minimum Gasteiger partial charge on any atom is -0.357 e. The largest absolute Gasteiger partial charge is 2.00 e. The molecule has 0 fully saturated rings. The van der Waals surface area contributed by atoms with Crippen molar-refractivity contribution in [3.8, 4) is 45.7 Å². The molecule has 0 radical (unpaired) electrons. The maximum Gasteiger partial charge on any atom is 2.00 e. The third-order valence-corrected chi connectivity index (χ3v) is 12.2. The van der Waals surface area contributed by atoms with Gasteiger partial charge in [0.2, 0.25) is 20.0 Å². The summed E-state index contributed by atoms with van der Waals surface area (Å²) < 4.78 is 127. The van der Waals surface area contributed by atoms with Gasteiger partial charge in [0, 0.05) is 64.9 Å². The fourth-order valence-electron chi connectivity index (χ4n) is 7.70. The summed E-state index contributed by atoms with van der Waals surface area (Å²) in [7, 11) is -17.5. The fraction of sp³-hybridized carbons (Fsp3) is 0.167. The van der Waals surface area contributed by atoms with Gasteiger partial charge in [0.1, 0.15) is 23.2 Å². The molecule has 2 aliphatic rings. The molecular formula is C48H44N14NiO13S5. The van der Waals surface area contributed by atoms with Crippen molar-refractivity contribution in [2.24, 2.45) is 5.14 Å². The molecule has 5 N–H and O–H groups in total. The number of nitrogens with one attached hydrogen (secondary N) is 1. The van der Waals surface area contributed by atoms with E-state index in [2.05, 4.69) is 29.8 Å². The SMILES string of the molecule is CS(=O)(=O)O.CS(N)(=O)=O.Cc1nc(CCCNS(C)(=O)=O)nc(Cc2ccccc2S(=O)(=O)O)n1.O=S(=O)=O.[Ni+2].c1ccc2c(c1)-c1nc-2nc2[n-]c(nc3[n-]c(nc4nc(n1)-c1ncccc1-4)c1ccccc31)c1ccccc21. The van der Waals surface area contributed by atoms with E-state index in [0.717, 1.165) is 50.7 Å². The number of aryl methyl sites for hydroxylation is 2. The second kappa shape index (κ2) is 26.2. The van der Waals surface area contributed by atoms with E-state index in [9.17, 15) is 38.2 Å². The van der Waals surface area contributed by atoms with Crippen LogP contribution in [0.1, 0.15) is 29.5 Å². The Morgan fingerprint density at radius 2 is 0.951 bits per heavy atom. The van der Waals surface area contributed by atoms with Gasteiger partial charge in [0.15, 0.2) is 11.6 Å². The van der Waals surface area contributed by atoms with Crippen molar-refractivity contribution in [2.45, 2.75) is 31.1 Å². The second-order valence-electron chi connectivity index (χ2n) is 17.0. The minimum atomic E-state index is -4.34. The molecule has 7 heterocycles. The molecule has 0 saturated carbocycles. The molecule has 8 bridgehead atoms. The van der Waals surface area contributed by atoms with Crippen LogP contribution >= 0.6 is 0 Å². The topological polar surface area (TPSA) is 423 Å². The third kappa shape index (κ3) is 17.8. The monoisotopic (exact) mass is 1240 g/mol. The van der Waals surface area contributed by atoms with Crippen LogP contribution in [0.5, 0.6) is 0 Å². The Labute approximate surface area is 474 Å². The fourth-order valence-corrected chi connectivity index (χ4v) is 8.94. The van der Waals surface area contributed by atoms with Crippen molar-refractivity contribution in [1.82, 2.24) is 64.5 Å². The number of nitrogens with zero attached hydrogens (tertiary/aromatic N) is 12. The van der Waals surface area contributed by atoms with Gasteiger partial charge in [0.05, 0.1) is 35.3 Å². The van der Waals surface area contributed by atoms with Crippen LogP contribution in [-0.4, -0.2) is 131 Å². The van der Waals surface area contributed by atoms with Crippen LogP contribution in [0.4, 0.5) is 0 Å². The van der Waals surface area contributed by atoms with Gasteiger partial charge in [-0.3, -0.25) is 14.1 Å². The van der Waals surface area contributed by atoms with Gasteiger partial charge in [0.25, 0.3) is 20.2 Å². The van der Waals surface area contributed by atoms with Crippen molar-refractivity contribution in [3.63, 3.8) is 0 Å².